The van der Waals surface area contributed by atoms with Gasteiger partial charge in [-0.2, -0.15) is 0 Å². The van der Waals surface area contributed by atoms with E-state index in [9.17, 15) is 4.79 Å². The maximum atomic E-state index is 12.2. The van der Waals surface area contributed by atoms with Crippen LogP contribution in [0.25, 0.3) is 0 Å². The van der Waals surface area contributed by atoms with Crippen LogP contribution in [0.1, 0.15) is 10.4 Å². The zero-order chi connectivity index (χ0) is 15.4. The molecule has 0 spiro atoms. The zero-order valence-electron chi connectivity index (χ0n) is 11.4. The number of amides is 1. The Morgan fingerprint density at radius 3 is 2.43 bits per heavy atom. The molecule has 0 saturated carbocycles. The summed E-state index contributed by atoms with van der Waals surface area (Å²) >= 11 is 11.8. The zero-order valence-corrected chi connectivity index (χ0v) is 13.0. The van der Waals surface area contributed by atoms with Crippen LogP contribution in [-0.2, 0) is 0 Å². The average Bonchev–Trinajstić information content (AvgIpc) is 2.47. The van der Waals surface area contributed by atoms with Gasteiger partial charge >= 0.3 is 0 Å². The summed E-state index contributed by atoms with van der Waals surface area (Å²) in [6, 6.07) is 9.78. The number of ether oxygens (including phenoxy) is 2. The highest BCUT2D eigenvalue weighted by Crippen LogP contribution is 2.30. The van der Waals surface area contributed by atoms with Gasteiger partial charge in [0.2, 0.25) is 0 Å². The molecule has 4 nitrogen and oxygen atoms in total. The number of hydrogen-bond donors (Lipinski definition) is 1. The number of rotatable bonds is 4. The van der Waals surface area contributed by atoms with Gasteiger partial charge < -0.3 is 14.8 Å². The van der Waals surface area contributed by atoms with Crippen LogP contribution in [0.4, 0.5) is 5.69 Å². The quantitative estimate of drug-likeness (QED) is 0.913. The second kappa shape index (κ2) is 6.70. The van der Waals surface area contributed by atoms with Crippen molar-refractivity contribution >= 4 is 34.8 Å². The molecule has 2 rings (SSSR count). The highest BCUT2D eigenvalue weighted by Gasteiger charge is 2.13. The summed E-state index contributed by atoms with van der Waals surface area (Å²) < 4.78 is 10.3. The molecule has 0 fully saturated rings. The summed E-state index contributed by atoms with van der Waals surface area (Å²) in [4.78, 5) is 12.2. The third kappa shape index (κ3) is 3.60. The Bertz CT molecular complexity index is 674. The van der Waals surface area contributed by atoms with Gasteiger partial charge in [0.1, 0.15) is 11.5 Å². The number of methoxy groups -OCH3 is 2. The van der Waals surface area contributed by atoms with Crippen molar-refractivity contribution < 1.29 is 14.3 Å². The molecule has 1 amide bonds. The first kappa shape index (κ1) is 15.5. The van der Waals surface area contributed by atoms with Crippen molar-refractivity contribution in [3.8, 4) is 11.5 Å². The van der Waals surface area contributed by atoms with Crippen LogP contribution < -0.4 is 14.8 Å². The normalized spacial score (nSPS) is 10.1. The van der Waals surface area contributed by atoms with Gasteiger partial charge in [-0.15, -0.1) is 0 Å². The Balaban J connectivity index is 2.27. The first-order valence-electron chi connectivity index (χ1n) is 6.03. The lowest BCUT2D eigenvalue weighted by molar-refractivity contribution is 0.102. The number of carbonyl (C=O) groups excluding carboxylic acids is 1. The van der Waals surface area contributed by atoms with Gasteiger partial charge in [0.25, 0.3) is 5.91 Å². The third-order valence-electron chi connectivity index (χ3n) is 2.83. The first-order valence-corrected chi connectivity index (χ1v) is 6.79. The Morgan fingerprint density at radius 1 is 1.05 bits per heavy atom. The molecule has 0 unspecified atom stereocenters. The number of hydrogen-bond acceptors (Lipinski definition) is 3. The average molecular weight is 326 g/mol. The van der Waals surface area contributed by atoms with E-state index in [2.05, 4.69) is 5.32 Å². The minimum atomic E-state index is -0.347. The number of carbonyl (C=O) groups is 1. The summed E-state index contributed by atoms with van der Waals surface area (Å²) in [7, 11) is 3.07. The van der Waals surface area contributed by atoms with Crippen LogP contribution >= 0.6 is 23.2 Å². The molecule has 0 radical (unpaired) electrons. The SMILES string of the molecule is COc1ccc(NC(=O)c2ccc(Cl)cc2Cl)c(OC)c1. The molecule has 0 saturated heterocycles. The fourth-order valence-corrected chi connectivity index (χ4v) is 2.26. The van der Waals surface area contributed by atoms with E-state index in [1.807, 2.05) is 0 Å². The molecule has 0 heterocycles. The Kier molecular flexibility index (Phi) is 4.94. The molecular formula is C15H13Cl2NO3. The predicted molar refractivity (Wildman–Crippen MR) is 84.0 cm³/mol. The van der Waals surface area contributed by atoms with Crippen LogP contribution in [0.3, 0.4) is 0 Å². The van der Waals surface area contributed by atoms with Crippen LogP contribution in [0.2, 0.25) is 10.0 Å². The second-order valence-corrected chi connectivity index (χ2v) is 4.99. The van der Waals surface area contributed by atoms with Gasteiger partial charge in [-0.1, -0.05) is 23.2 Å². The van der Waals surface area contributed by atoms with E-state index in [-0.39, 0.29) is 10.9 Å². The predicted octanol–water partition coefficient (Wildman–Crippen LogP) is 4.26. The molecule has 0 aliphatic rings. The fraction of sp³-hybridized carbons (Fsp3) is 0.133. The summed E-state index contributed by atoms with van der Waals surface area (Å²) in [6.45, 7) is 0. The number of benzene rings is 2. The summed E-state index contributed by atoms with van der Waals surface area (Å²) in [5.74, 6) is 0.780. The summed E-state index contributed by atoms with van der Waals surface area (Å²) in [5, 5.41) is 3.50. The van der Waals surface area contributed by atoms with Crippen molar-refractivity contribution in [2.45, 2.75) is 0 Å². The Labute approximate surface area is 132 Å². The van der Waals surface area contributed by atoms with Gasteiger partial charge in [0, 0.05) is 11.1 Å². The van der Waals surface area contributed by atoms with E-state index in [0.717, 1.165) is 0 Å². The van der Waals surface area contributed by atoms with E-state index in [1.54, 1.807) is 37.4 Å². The number of nitrogens with one attached hydrogen (secondary N) is 1. The van der Waals surface area contributed by atoms with E-state index in [0.29, 0.717) is 27.8 Å². The van der Waals surface area contributed by atoms with Crippen molar-refractivity contribution in [2.75, 3.05) is 19.5 Å². The maximum Gasteiger partial charge on any atom is 0.257 e. The highest BCUT2D eigenvalue weighted by molar-refractivity contribution is 6.37. The topological polar surface area (TPSA) is 47.6 Å². The molecule has 2 aromatic rings. The van der Waals surface area contributed by atoms with Crippen molar-refractivity contribution in [1.29, 1.82) is 0 Å². The molecule has 0 aliphatic heterocycles. The lowest BCUT2D eigenvalue weighted by atomic mass is 10.2. The second-order valence-electron chi connectivity index (χ2n) is 4.14. The van der Waals surface area contributed by atoms with Crippen molar-refractivity contribution in [1.82, 2.24) is 0 Å². The molecule has 0 aliphatic carbocycles. The lowest BCUT2D eigenvalue weighted by Gasteiger charge is -2.12. The van der Waals surface area contributed by atoms with Gasteiger partial charge in [-0.3, -0.25) is 4.79 Å². The third-order valence-corrected chi connectivity index (χ3v) is 3.38. The molecule has 0 aromatic heterocycles. The monoisotopic (exact) mass is 325 g/mol. The van der Waals surface area contributed by atoms with Gasteiger partial charge in [0.15, 0.2) is 0 Å². The lowest BCUT2D eigenvalue weighted by Crippen LogP contribution is -2.13. The molecule has 0 bridgehead atoms. The summed E-state index contributed by atoms with van der Waals surface area (Å²) in [6.07, 6.45) is 0. The maximum absolute atomic E-state index is 12.2. The van der Waals surface area contributed by atoms with E-state index >= 15 is 0 Å². The van der Waals surface area contributed by atoms with E-state index < -0.39 is 0 Å². The largest absolute Gasteiger partial charge is 0.497 e. The molecule has 2 aromatic carbocycles. The smallest absolute Gasteiger partial charge is 0.257 e. The minimum absolute atomic E-state index is 0.285. The molecule has 21 heavy (non-hydrogen) atoms. The molecule has 0 atom stereocenters. The van der Waals surface area contributed by atoms with Gasteiger partial charge in [-0.05, 0) is 30.3 Å². The van der Waals surface area contributed by atoms with Crippen molar-refractivity contribution in [2.24, 2.45) is 0 Å². The first-order chi connectivity index (χ1) is 10.0. The highest BCUT2D eigenvalue weighted by atomic mass is 35.5. The Morgan fingerprint density at radius 2 is 1.81 bits per heavy atom. The molecule has 1 N–H and O–H groups in total. The molecule has 110 valence electrons. The number of halogens is 2. The van der Waals surface area contributed by atoms with Crippen LogP contribution in [-0.4, -0.2) is 20.1 Å². The summed E-state index contributed by atoms with van der Waals surface area (Å²) in [5.41, 5.74) is 0.855. The van der Waals surface area contributed by atoms with E-state index in [1.165, 1.54) is 13.2 Å². The van der Waals surface area contributed by atoms with E-state index in [4.69, 9.17) is 32.7 Å². The molecular weight excluding hydrogens is 313 g/mol. The van der Waals surface area contributed by atoms with Crippen LogP contribution in [0.15, 0.2) is 36.4 Å². The minimum Gasteiger partial charge on any atom is -0.497 e. The fourth-order valence-electron chi connectivity index (χ4n) is 1.77. The van der Waals surface area contributed by atoms with Gasteiger partial charge in [0.05, 0.1) is 30.5 Å². The van der Waals surface area contributed by atoms with Crippen LogP contribution in [0, 0.1) is 0 Å². The van der Waals surface area contributed by atoms with Crippen molar-refractivity contribution in [3.63, 3.8) is 0 Å². The van der Waals surface area contributed by atoms with Crippen LogP contribution in [0.5, 0.6) is 11.5 Å². The Hall–Kier alpha value is -1.91. The van der Waals surface area contributed by atoms with Gasteiger partial charge in [-0.25, -0.2) is 0 Å². The standard InChI is InChI=1S/C15H13Cl2NO3/c1-20-10-4-6-13(14(8-10)21-2)18-15(19)11-5-3-9(16)7-12(11)17/h3-8H,1-2H3,(H,18,19). The number of anilines is 1. The van der Waals surface area contributed by atoms with Crippen molar-refractivity contribution in [3.05, 3.63) is 52.0 Å². The molecule has 6 heteroatoms.